The number of carboxylic acids is 1. The highest BCUT2D eigenvalue weighted by molar-refractivity contribution is 5.95. The first-order chi connectivity index (χ1) is 15.9. The summed E-state index contributed by atoms with van der Waals surface area (Å²) in [6.07, 6.45) is -0.348. The van der Waals surface area contributed by atoms with Crippen molar-refractivity contribution in [2.24, 2.45) is 10.1 Å². The lowest BCUT2D eigenvalue weighted by Crippen LogP contribution is -2.65. The highest BCUT2D eigenvalue weighted by atomic mass is 16.6. The number of hydrogen-bond donors (Lipinski definition) is 5. The SMILES string of the molecule is CC(NC(=O)OCc1ccccc1)(NC(=O)C1CC(CCCNC2=NCCN2)=NO1)C(=O)O. The average Bonchev–Trinajstić information content (AvgIpc) is 3.48. The fraction of sp³-hybridized carbons (Fsp3) is 0.476. The van der Waals surface area contributed by atoms with Crippen LogP contribution >= 0.6 is 0 Å². The molecular weight excluding hydrogens is 432 g/mol. The molecule has 1 aromatic rings. The summed E-state index contributed by atoms with van der Waals surface area (Å²) in [6.45, 7) is 3.38. The first-order valence-corrected chi connectivity index (χ1v) is 10.6. The van der Waals surface area contributed by atoms with Crippen LogP contribution in [0.15, 0.2) is 40.5 Å². The zero-order chi connectivity index (χ0) is 23.7. The van der Waals surface area contributed by atoms with Crippen LogP contribution < -0.4 is 21.3 Å². The lowest BCUT2D eigenvalue weighted by Gasteiger charge is -2.27. The number of carbonyl (C=O) groups excluding carboxylic acids is 2. The third-order valence-corrected chi connectivity index (χ3v) is 5.00. The summed E-state index contributed by atoms with van der Waals surface area (Å²) in [5, 5.41) is 24.3. The zero-order valence-corrected chi connectivity index (χ0v) is 18.3. The number of rotatable bonds is 10. The van der Waals surface area contributed by atoms with Crippen LogP contribution in [0.4, 0.5) is 4.79 Å². The van der Waals surface area contributed by atoms with E-state index in [-0.39, 0.29) is 13.0 Å². The van der Waals surface area contributed by atoms with Gasteiger partial charge in [-0.15, -0.1) is 0 Å². The molecule has 0 radical (unpaired) electrons. The van der Waals surface area contributed by atoms with Crippen molar-refractivity contribution >= 4 is 29.6 Å². The monoisotopic (exact) mass is 460 g/mol. The molecule has 0 saturated carbocycles. The minimum Gasteiger partial charge on any atom is -0.478 e. The number of aliphatic carboxylic acids is 1. The smallest absolute Gasteiger partial charge is 0.409 e. The molecule has 2 aliphatic heterocycles. The molecular formula is C21H28N6O6. The van der Waals surface area contributed by atoms with E-state index in [0.29, 0.717) is 18.7 Å². The molecule has 0 aromatic heterocycles. The Kier molecular flexibility index (Phi) is 8.06. The Labute approximate surface area is 190 Å². The minimum absolute atomic E-state index is 0.0441. The molecule has 5 N–H and O–H groups in total. The largest absolute Gasteiger partial charge is 0.478 e. The molecule has 2 amide bonds. The van der Waals surface area contributed by atoms with Gasteiger partial charge in [0.1, 0.15) is 6.61 Å². The Balaban J connectivity index is 1.42. The Hall–Kier alpha value is -3.83. The van der Waals surface area contributed by atoms with E-state index in [1.54, 1.807) is 24.3 Å². The maximum atomic E-state index is 12.6. The molecule has 33 heavy (non-hydrogen) atoms. The van der Waals surface area contributed by atoms with Gasteiger partial charge in [0.25, 0.3) is 5.91 Å². The summed E-state index contributed by atoms with van der Waals surface area (Å²) < 4.78 is 5.05. The number of nitrogens with one attached hydrogen (secondary N) is 4. The lowest BCUT2D eigenvalue weighted by atomic mass is 10.1. The normalized spacial score (nSPS) is 18.6. The molecule has 2 heterocycles. The molecule has 12 heteroatoms. The minimum atomic E-state index is -2.09. The standard InChI is InChI=1S/C21H28N6O6/c1-21(18(29)30,26-20(31)32-13-14-6-3-2-4-7-14)25-17(28)16-12-15(27-33-16)8-5-9-22-19-23-10-11-24-19/h2-4,6-7,16H,5,8-13H2,1H3,(H,25,28)(H,26,31)(H,29,30)(H2,22,23,24). The van der Waals surface area contributed by atoms with Crippen molar-refractivity contribution in [3.63, 3.8) is 0 Å². The first kappa shape index (κ1) is 23.8. The number of hydrogen-bond acceptors (Lipinski definition) is 9. The third kappa shape index (κ3) is 7.09. The zero-order valence-electron chi connectivity index (χ0n) is 18.3. The molecule has 0 saturated heterocycles. The second-order valence-electron chi connectivity index (χ2n) is 7.75. The quantitative estimate of drug-likeness (QED) is 0.246. The van der Waals surface area contributed by atoms with Gasteiger partial charge < -0.3 is 30.6 Å². The van der Waals surface area contributed by atoms with Gasteiger partial charge in [-0.05, 0) is 25.3 Å². The second-order valence-corrected chi connectivity index (χ2v) is 7.75. The third-order valence-electron chi connectivity index (χ3n) is 5.00. The van der Waals surface area contributed by atoms with E-state index in [0.717, 1.165) is 38.0 Å². The fourth-order valence-corrected chi connectivity index (χ4v) is 3.16. The van der Waals surface area contributed by atoms with Crippen molar-refractivity contribution in [1.29, 1.82) is 0 Å². The van der Waals surface area contributed by atoms with E-state index in [4.69, 9.17) is 9.57 Å². The van der Waals surface area contributed by atoms with Gasteiger partial charge in [-0.1, -0.05) is 35.5 Å². The Morgan fingerprint density at radius 2 is 2.06 bits per heavy atom. The molecule has 2 atom stereocenters. The summed E-state index contributed by atoms with van der Waals surface area (Å²) in [7, 11) is 0. The van der Waals surface area contributed by atoms with Crippen LogP contribution in [0.3, 0.4) is 0 Å². The molecule has 2 unspecified atom stereocenters. The molecule has 1 aromatic carbocycles. The highest BCUT2D eigenvalue weighted by Crippen LogP contribution is 2.15. The van der Waals surface area contributed by atoms with Gasteiger partial charge in [-0.25, -0.2) is 9.59 Å². The van der Waals surface area contributed by atoms with Crippen molar-refractivity contribution in [2.45, 2.75) is 44.6 Å². The van der Waals surface area contributed by atoms with Crippen LogP contribution in [-0.4, -0.2) is 66.1 Å². The summed E-state index contributed by atoms with van der Waals surface area (Å²) in [5.74, 6) is -1.38. The molecule has 0 fully saturated rings. The van der Waals surface area contributed by atoms with E-state index in [1.807, 2.05) is 6.07 Å². The number of nitrogens with zero attached hydrogens (tertiary/aromatic N) is 2. The number of carboxylic acid groups (broad SMARTS) is 1. The molecule has 0 aliphatic carbocycles. The first-order valence-electron chi connectivity index (χ1n) is 10.6. The van der Waals surface area contributed by atoms with Crippen LogP contribution in [0.2, 0.25) is 0 Å². The number of amides is 2. The van der Waals surface area contributed by atoms with Gasteiger partial charge in [-0.2, -0.15) is 0 Å². The van der Waals surface area contributed by atoms with Crippen molar-refractivity contribution in [3.05, 3.63) is 35.9 Å². The van der Waals surface area contributed by atoms with Gasteiger partial charge in [-0.3, -0.25) is 15.1 Å². The summed E-state index contributed by atoms with van der Waals surface area (Å²) in [4.78, 5) is 45.9. The van der Waals surface area contributed by atoms with Crippen LogP contribution in [0.25, 0.3) is 0 Å². The number of ether oxygens (including phenoxy) is 1. The number of alkyl carbamates (subject to hydrolysis) is 1. The second kappa shape index (κ2) is 11.2. The summed E-state index contributed by atoms with van der Waals surface area (Å²) >= 11 is 0. The Morgan fingerprint density at radius 1 is 1.27 bits per heavy atom. The van der Waals surface area contributed by atoms with Crippen molar-refractivity contribution < 1.29 is 29.1 Å². The van der Waals surface area contributed by atoms with E-state index >= 15 is 0 Å². The predicted octanol–water partition coefficient (Wildman–Crippen LogP) is 0.304. The topological polar surface area (TPSA) is 163 Å². The van der Waals surface area contributed by atoms with Crippen molar-refractivity contribution in [1.82, 2.24) is 21.3 Å². The molecule has 3 rings (SSSR count). The molecule has 178 valence electrons. The van der Waals surface area contributed by atoms with E-state index in [9.17, 15) is 19.5 Å². The highest BCUT2D eigenvalue weighted by Gasteiger charge is 2.40. The number of guanidine groups is 1. The van der Waals surface area contributed by atoms with Gasteiger partial charge in [0.15, 0.2) is 5.96 Å². The van der Waals surface area contributed by atoms with Gasteiger partial charge >= 0.3 is 12.1 Å². The number of carbonyl (C=O) groups is 3. The predicted molar refractivity (Wildman–Crippen MR) is 118 cm³/mol. The van der Waals surface area contributed by atoms with Crippen LogP contribution in [-0.2, 0) is 25.8 Å². The number of benzene rings is 1. The molecule has 0 spiro atoms. The number of aliphatic imine (C=N–C) groups is 1. The Bertz CT molecular complexity index is 921. The van der Waals surface area contributed by atoms with Gasteiger partial charge in [0.2, 0.25) is 11.8 Å². The van der Waals surface area contributed by atoms with E-state index in [1.165, 1.54) is 0 Å². The molecule has 0 bridgehead atoms. The summed E-state index contributed by atoms with van der Waals surface area (Å²) in [6, 6.07) is 8.91. The lowest BCUT2D eigenvalue weighted by molar-refractivity contribution is -0.150. The summed E-state index contributed by atoms with van der Waals surface area (Å²) in [5.41, 5.74) is -0.651. The molecule has 2 aliphatic rings. The average molecular weight is 460 g/mol. The maximum Gasteiger partial charge on any atom is 0.409 e. The number of oxime groups is 1. The van der Waals surface area contributed by atoms with Crippen LogP contribution in [0, 0.1) is 0 Å². The van der Waals surface area contributed by atoms with Gasteiger partial charge in [0, 0.05) is 19.5 Å². The fourth-order valence-electron chi connectivity index (χ4n) is 3.16. The van der Waals surface area contributed by atoms with Crippen LogP contribution in [0.1, 0.15) is 31.7 Å². The van der Waals surface area contributed by atoms with Gasteiger partial charge in [0.05, 0.1) is 12.3 Å². The Morgan fingerprint density at radius 3 is 2.76 bits per heavy atom. The van der Waals surface area contributed by atoms with Crippen molar-refractivity contribution in [3.8, 4) is 0 Å². The maximum absolute atomic E-state index is 12.6. The van der Waals surface area contributed by atoms with Crippen molar-refractivity contribution in [2.75, 3.05) is 19.6 Å². The van der Waals surface area contributed by atoms with Crippen LogP contribution in [0.5, 0.6) is 0 Å². The van der Waals surface area contributed by atoms with E-state index < -0.39 is 29.7 Å². The van der Waals surface area contributed by atoms with E-state index in [2.05, 4.69) is 31.4 Å². The molecule has 12 nitrogen and oxygen atoms in total.